The highest BCUT2D eigenvalue weighted by molar-refractivity contribution is 6.00. The fraction of sp³-hybridized carbons (Fsp3) is 0.706. The van der Waals surface area contributed by atoms with Crippen LogP contribution in [0.5, 0.6) is 0 Å². The number of allylic oxidation sites excluding steroid dienone is 2. The number of dihydropyridines is 1. The van der Waals surface area contributed by atoms with Crippen LogP contribution in [-0.2, 0) is 14.3 Å². The Morgan fingerprint density at radius 2 is 1.87 bits per heavy atom. The largest absolute Gasteiger partial charge is 0.381 e. The zero-order chi connectivity index (χ0) is 15.5. The molecule has 1 aliphatic carbocycles. The Labute approximate surface area is 135 Å². The summed E-state index contributed by atoms with van der Waals surface area (Å²) in [5, 5.41) is 12.0. The Hall–Kier alpha value is -1.53. The van der Waals surface area contributed by atoms with Crippen molar-refractivity contribution in [2.75, 3.05) is 33.0 Å². The topological polar surface area (TPSA) is 72.3 Å². The summed E-state index contributed by atoms with van der Waals surface area (Å²) >= 11 is 0. The van der Waals surface area contributed by atoms with Crippen LogP contribution in [0.3, 0.4) is 0 Å². The third-order valence-electron chi connectivity index (χ3n) is 6.21. The van der Waals surface area contributed by atoms with E-state index in [9.17, 15) is 4.79 Å². The number of fused-ring (bicyclic) bond motifs is 2. The van der Waals surface area contributed by atoms with Crippen LogP contribution in [0.15, 0.2) is 32.9 Å². The number of Topliss-reactive ketones (excluding diaryl/α,β-unsaturated/α-hetero) is 1. The molecule has 6 heteroatoms. The van der Waals surface area contributed by atoms with Gasteiger partial charge in [-0.15, -0.1) is 5.11 Å². The lowest BCUT2D eigenvalue weighted by atomic mass is 9.59. The molecular weight excluding hydrogens is 294 g/mol. The predicted molar refractivity (Wildman–Crippen MR) is 81.5 cm³/mol. The van der Waals surface area contributed by atoms with Gasteiger partial charge in [-0.05, 0) is 25.7 Å². The lowest BCUT2D eigenvalue weighted by Crippen LogP contribution is -2.47. The third kappa shape index (κ3) is 1.85. The van der Waals surface area contributed by atoms with Gasteiger partial charge in [0.25, 0.3) is 0 Å². The van der Waals surface area contributed by atoms with E-state index in [-0.39, 0.29) is 10.8 Å². The summed E-state index contributed by atoms with van der Waals surface area (Å²) < 4.78 is 11.2. The number of carbonyl (C=O) groups excluding carboxylic acids is 1. The molecule has 0 saturated carbocycles. The smallest absolute Gasteiger partial charge is 0.162 e. The number of hydrogen-bond acceptors (Lipinski definition) is 6. The van der Waals surface area contributed by atoms with Crippen LogP contribution in [0.25, 0.3) is 0 Å². The van der Waals surface area contributed by atoms with Crippen molar-refractivity contribution in [3.05, 3.63) is 22.7 Å². The second kappa shape index (κ2) is 4.74. The first-order chi connectivity index (χ1) is 11.2. The lowest BCUT2D eigenvalue weighted by molar-refractivity contribution is -0.120. The average molecular weight is 315 g/mol. The highest BCUT2D eigenvalue weighted by Crippen LogP contribution is 2.55. The van der Waals surface area contributed by atoms with E-state index in [0.717, 1.165) is 49.4 Å². The fourth-order valence-corrected chi connectivity index (χ4v) is 5.07. The van der Waals surface area contributed by atoms with Crippen LogP contribution in [0.1, 0.15) is 32.1 Å². The minimum absolute atomic E-state index is 0.0108. The Kier molecular flexibility index (Phi) is 2.86. The molecule has 0 radical (unpaired) electrons. The quantitative estimate of drug-likeness (QED) is 0.743. The van der Waals surface area contributed by atoms with Gasteiger partial charge in [0, 0.05) is 53.9 Å². The molecule has 0 bridgehead atoms. The molecule has 6 nitrogen and oxygen atoms in total. The average Bonchev–Trinajstić information content (AvgIpc) is 3.18. The number of rotatable bonds is 0. The Balaban J connectivity index is 1.62. The van der Waals surface area contributed by atoms with E-state index in [1.165, 1.54) is 5.57 Å². The molecule has 23 heavy (non-hydrogen) atoms. The van der Waals surface area contributed by atoms with Crippen molar-refractivity contribution in [1.82, 2.24) is 5.32 Å². The van der Waals surface area contributed by atoms with Crippen LogP contribution in [0.4, 0.5) is 0 Å². The highest BCUT2D eigenvalue weighted by atomic mass is 16.5. The van der Waals surface area contributed by atoms with Crippen molar-refractivity contribution in [3.8, 4) is 0 Å². The molecule has 5 rings (SSSR count). The fourth-order valence-electron chi connectivity index (χ4n) is 5.07. The molecule has 4 aliphatic heterocycles. The first-order valence-electron chi connectivity index (χ1n) is 8.53. The van der Waals surface area contributed by atoms with Gasteiger partial charge in [0.1, 0.15) is 0 Å². The zero-order valence-corrected chi connectivity index (χ0v) is 13.2. The molecule has 0 amide bonds. The summed E-state index contributed by atoms with van der Waals surface area (Å²) in [6.45, 7) is 3.48. The SMILES string of the molecule is O=C1C[C@]2(CCOC2)CC2=C1C1(CCOCC1)C1=C(N=NC1)N2. The minimum Gasteiger partial charge on any atom is -0.381 e. The van der Waals surface area contributed by atoms with Crippen LogP contribution >= 0.6 is 0 Å². The Morgan fingerprint density at radius 3 is 2.65 bits per heavy atom. The van der Waals surface area contributed by atoms with Crippen LogP contribution in [0, 0.1) is 10.8 Å². The predicted octanol–water partition coefficient (Wildman–Crippen LogP) is 2.09. The zero-order valence-electron chi connectivity index (χ0n) is 13.2. The maximum atomic E-state index is 13.2. The van der Waals surface area contributed by atoms with Gasteiger partial charge in [-0.2, -0.15) is 5.11 Å². The molecule has 1 N–H and O–H groups in total. The number of ketones is 1. The molecule has 0 aromatic carbocycles. The van der Waals surface area contributed by atoms with E-state index in [0.29, 0.717) is 38.6 Å². The lowest BCUT2D eigenvalue weighted by Gasteiger charge is -2.47. The van der Waals surface area contributed by atoms with Crippen molar-refractivity contribution < 1.29 is 14.3 Å². The molecule has 5 aliphatic rings. The maximum absolute atomic E-state index is 13.2. The summed E-state index contributed by atoms with van der Waals surface area (Å²) in [4.78, 5) is 13.2. The maximum Gasteiger partial charge on any atom is 0.162 e. The van der Waals surface area contributed by atoms with Gasteiger partial charge in [-0.3, -0.25) is 4.79 Å². The second-order valence-electron chi connectivity index (χ2n) is 7.48. The number of nitrogens with one attached hydrogen (secondary N) is 1. The van der Waals surface area contributed by atoms with E-state index in [1.54, 1.807) is 0 Å². The van der Waals surface area contributed by atoms with E-state index in [1.807, 2.05) is 0 Å². The van der Waals surface area contributed by atoms with Crippen molar-refractivity contribution in [1.29, 1.82) is 0 Å². The number of carbonyl (C=O) groups is 1. The molecule has 1 atom stereocenters. The van der Waals surface area contributed by atoms with Gasteiger partial charge >= 0.3 is 0 Å². The molecule has 122 valence electrons. The molecule has 0 aromatic rings. The molecule has 0 unspecified atom stereocenters. The van der Waals surface area contributed by atoms with Crippen LogP contribution in [-0.4, -0.2) is 38.8 Å². The summed E-state index contributed by atoms with van der Waals surface area (Å²) in [6.07, 6.45) is 4.22. The van der Waals surface area contributed by atoms with Crippen molar-refractivity contribution in [2.24, 2.45) is 21.1 Å². The highest BCUT2D eigenvalue weighted by Gasteiger charge is 2.53. The first kappa shape index (κ1) is 13.9. The Bertz CT molecular complexity index is 665. The van der Waals surface area contributed by atoms with Crippen LogP contribution < -0.4 is 5.32 Å². The van der Waals surface area contributed by atoms with Gasteiger partial charge in [-0.25, -0.2) is 0 Å². The van der Waals surface area contributed by atoms with E-state index in [2.05, 4.69) is 15.5 Å². The monoisotopic (exact) mass is 315 g/mol. The standard InChI is InChI=1S/C17H21N3O3/c21-13-8-16(1-4-23-10-16)7-12-14(13)17(2-5-22-6-3-17)11-9-18-20-15(11)19-12/h19H,1-10H2/t16-/m0/s1. The number of azo groups is 1. The summed E-state index contributed by atoms with van der Waals surface area (Å²) in [7, 11) is 0. The normalized spacial score (nSPS) is 35.0. The van der Waals surface area contributed by atoms with Gasteiger partial charge in [0.05, 0.1) is 13.2 Å². The van der Waals surface area contributed by atoms with Crippen LogP contribution in [0.2, 0.25) is 0 Å². The first-order valence-corrected chi connectivity index (χ1v) is 8.53. The van der Waals surface area contributed by atoms with Crippen molar-refractivity contribution >= 4 is 5.78 Å². The molecule has 0 aromatic heterocycles. The molecule has 2 fully saturated rings. The van der Waals surface area contributed by atoms with E-state index < -0.39 is 0 Å². The summed E-state index contributed by atoms with van der Waals surface area (Å²) in [5.41, 5.74) is 3.07. The number of ether oxygens (including phenoxy) is 2. The third-order valence-corrected chi connectivity index (χ3v) is 6.21. The van der Waals surface area contributed by atoms with Crippen molar-refractivity contribution in [3.63, 3.8) is 0 Å². The second-order valence-corrected chi connectivity index (χ2v) is 7.48. The van der Waals surface area contributed by atoms with Gasteiger partial charge < -0.3 is 14.8 Å². The van der Waals surface area contributed by atoms with E-state index in [4.69, 9.17) is 9.47 Å². The molecule has 2 saturated heterocycles. The molecular formula is C17H21N3O3. The summed E-state index contributed by atoms with van der Waals surface area (Å²) in [5.74, 6) is 1.18. The molecule has 4 heterocycles. The van der Waals surface area contributed by atoms with E-state index >= 15 is 0 Å². The summed E-state index contributed by atoms with van der Waals surface area (Å²) in [6, 6.07) is 0. The number of hydrogen-bond donors (Lipinski definition) is 1. The Morgan fingerprint density at radius 1 is 1.04 bits per heavy atom. The minimum atomic E-state index is -0.199. The van der Waals surface area contributed by atoms with Crippen molar-refractivity contribution in [2.45, 2.75) is 32.1 Å². The molecule has 2 spiro atoms. The van der Waals surface area contributed by atoms with Gasteiger partial charge in [0.15, 0.2) is 11.6 Å². The van der Waals surface area contributed by atoms with Gasteiger partial charge in [0.2, 0.25) is 0 Å². The van der Waals surface area contributed by atoms with Gasteiger partial charge in [-0.1, -0.05) is 0 Å². The number of nitrogens with zero attached hydrogens (tertiary/aromatic N) is 2.